The fourth-order valence-electron chi connectivity index (χ4n) is 0.659. The minimum atomic E-state index is 0.242. The molecule has 0 aromatic heterocycles. The van der Waals surface area contributed by atoms with Crippen molar-refractivity contribution in [3.8, 4) is 12.3 Å². The van der Waals surface area contributed by atoms with E-state index in [1.54, 1.807) is 0 Å². The van der Waals surface area contributed by atoms with Gasteiger partial charge in [0.1, 0.15) is 0 Å². The monoisotopic (exact) mass is 124 g/mol. The van der Waals surface area contributed by atoms with E-state index in [9.17, 15) is 0 Å². The predicted octanol–water partition coefficient (Wildman–Crippen LogP) is 1.21. The van der Waals surface area contributed by atoms with Crippen molar-refractivity contribution in [2.75, 3.05) is 7.05 Å². The Morgan fingerprint density at radius 2 is 2.44 bits per heavy atom. The van der Waals surface area contributed by atoms with E-state index in [1.165, 1.54) is 0 Å². The summed E-state index contributed by atoms with van der Waals surface area (Å²) in [6.07, 6.45) is 8.31. The van der Waals surface area contributed by atoms with Crippen LogP contribution in [0.2, 0.25) is 0 Å². The van der Waals surface area contributed by atoms with Crippen LogP contribution in [0, 0.1) is 19.3 Å². The fourth-order valence-corrected chi connectivity index (χ4v) is 0.659. The van der Waals surface area contributed by atoms with Crippen LogP contribution < -0.4 is 5.32 Å². The van der Waals surface area contributed by atoms with Crippen LogP contribution >= 0.6 is 0 Å². The molecule has 0 bridgehead atoms. The number of hydrogen-bond donors (Lipinski definition) is 1. The molecule has 0 aliphatic carbocycles. The van der Waals surface area contributed by atoms with Crippen LogP contribution in [0.1, 0.15) is 19.3 Å². The standard InChI is InChI=1S/C8H14N/c1-4-6-7-8(5-2)9-3/h2,8-9H,1,4,6-7H2,3H3. The maximum Gasteiger partial charge on any atom is 0.0684 e. The summed E-state index contributed by atoms with van der Waals surface area (Å²) in [4.78, 5) is 0. The first-order valence-corrected chi connectivity index (χ1v) is 3.27. The van der Waals surface area contributed by atoms with Crippen LogP contribution in [0.15, 0.2) is 0 Å². The summed E-state index contributed by atoms with van der Waals surface area (Å²) in [6, 6.07) is 0.242. The zero-order valence-corrected chi connectivity index (χ0v) is 5.98. The lowest BCUT2D eigenvalue weighted by Crippen LogP contribution is -2.22. The summed E-state index contributed by atoms with van der Waals surface area (Å²) >= 11 is 0. The quantitative estimate of drug-likeness (QED) is 0.555. The van der Waals surface area contributed by atoms with Crippen LogP contribution in [0.5, 0.6) is 0 Å². The lowest BCUT2D eigenvalue weighted by atomic mass is 10.1. The first-order valence-electron chi connectivity index (χ1n) is 3.27. The van der Waals surface area contributed by atoms with Gasteiger partial charge in [0.15, 0.2) is 0 Å². The lowest BCUT2D eigenvalue weighted by Gasteiger charge is -2.06. The Bertz CT molecular complexity index is 91.2. The van der Waals surface area contributed by atoms with E-state index in [0.29, 0.717) is 0 Å². The van der Waals surface area contributed by atoms with Crippen molar-refractivity contribution in [2.24, 2.45) is 0 Å². The number of nitrogens with one attached hydrogen (secondary N) is 1. The van der Waals surface area contributed by atoms with Gasteiger partial charge in [0.05, 0.1) is 6.04 Å². The molecule has 51 valence electrons. The van der Waals surface area contributed by atoms with Crippen LogP contribution in [0.4, 0.5) is 0 Å². The minimum absolute atomic E-state index is 0.242. The first kappa shape index (κ1) is 8.52. The number of terminal acetylenes is 1. The highest BCUT2D eigenvalue weighted by molar-refractivity contribution is 4.97. The van der Waals surface area contributed by atoms with Crippen molar-refractivity contribution in [3.63, 3.8) is 0 Å². The van der Waals surface area contributed by atoms with E-state index in [0.717, 1.165) is 19.3 Å². The van der Waals surface area contributed by atoms with Gasteiger partial charge in [-0.25, -0.2) is 0 Å². The second-order valence-electron chi connectivity index (χ2n) is 2.00. The molecular weight excluding hydrogens is 110 g/mol. The van der Waals surface area contributed by atoms with Gasteiger partial charge in [-0.3, -0.25) is 0 Å². The van der Waals surface area contributed by atoms with E-state index >= 15 is 0 Å². The van der Waals surface area contributed by atoms with Crippen LogP contribution in [0.25, 0.3) is 0 Å². The predicted molar refractivity (Wildman–Crippen MR) is 40.9 cm³/mol. The third-order valence-electron chi connectivity index (χ3n) is 1.29. The molecule has 0 heterocycles. The van der Waals surface area contributed by atoms with E-state index in [1.807, 2.05) is 7.05 Å². The molecule has 1 atom stereocenters. The Morgan fingerprint density at radius 1 is 1.78 bits per heavy atom. The Labute approximate surface area is 57.8 Å². The van der Waals surface area contributed by atoms with E-state index < -0.39 is 0 Å². The highest BCUT2D eigenvalue weighted by Gasteiger charge is 1.97. The van der Waals surface area contributed by atoms with Gasteiger partial charge in [-0.15, -0.1) is 6.42 Å². The van der Waals surface area contributed by atoms with Crippen LogP contribution in [-0.4, -0.2) is 13.1 Å². The van der Waals surface area contributed by atoms with Gasteiger partial charge in [0.2, 0.25) is 0 Å². The smallest absolute Gasteiger partial charge is 0.0684 e. The van der Waals surface area contributed by atoms with Crippen LogP contribution in [0.3, 0.4) is 0 Å². The summed E-state index contributed by atoms with van der Waals surface area (Å²) in [5.74, 6) is 2.65. The van der Waals surface area contributed by atoms with Gasteiger partial charge in [0, 0.05) is 0 Å². The van der Waals surface area contributed by atoms with Crippen molar-refractivity contribution < 1.29 is 0 Å². The minimum Gasteiger partial charge on any atom is -0.307 e. The molecule has 0 aliphatic heterocycles. The molecule has 0 aromatic carbocycles. The maximum atomic E-state index is 5.19. The number of rotatable bonds is 4. The average Bonchev–Trinajstić information content (AvgIpc) is 1.91. The third kappa shape index (κ3) is 4.05. The summed E-state index contributed by atoms with van der Waals surface area (Å²) < 4.78 is 0. The molecular formula is C8H14N. The molecule has 1 unspecified atom stereocenters. The van der Waals surface area contributed by atoms with Crippen molar-refractivity contribution in [2.45, 2.75) is 25.3 Å². The Balaban J connectivity index is 3.23. The largest absolute Gasteiger partial charge is 0.307 e. The van der Waals surface area contributed by atoms with Gasteiger partial charge in [-0.2, -0.15) is 0 Å². The topological polar surface area (TPSA) is 12.0 Å². The zero-order valence-electron chi connectivity index (χ0n) is 5.98. The average molecular weight is 124 g/mol. The second-order valence-corrected chi connectivity index (χ2v) is 2.00. The summed E-state index contributed by atoms with van der Waals surface area (Å²) in [5.41, 5.74) is 0. The molecule has 1 nitrogen and oxygen atoms in total. The fraction of sp³-hybridized carbons (Fsp3) is 0.625. The van der Waals surface area contributed by atoms with Crippen molar-refractivity contribution in [3.05, 3.63) is 6.92 Å². The zero-order chi connectivity index (χ0) is 7.11. The number of unbranched alkanes of at least 4 members (excludes halogenated alkanes) is 1. The SMILES string of the molecule is C#CC(CCC[CH2])NC. The van der Waals surface area contributed by atoms with Gasteiger partial charge in [0.25, 0.3) is 0 Å². The molecule has 9 heavy (non-hydrogen) atoms. The molecule has 1 radical (unpaired) electrons. The lowest BCUT2D eigenvalue weighted by molar-refractivity contribution is 0.603. The van der Waals surface area contributed by atoms with E-state index in [-0.39, 0.29) is 6.04 Å². The van der Waals surface area contributed by atoms with E-state index in [2.05, 4.69) is 18.2 Å². The molecule has 1 N–H and O–H groups in total. The van der Waals surface area contributed by atoms with Crippen molar-refractivity contribution >= 4 is 0 Å². The molecule has 0 aromatic rings. The van der Waals surface area contributed by atoms with Crippen molar-refractivity contribution in [1.29, 1.82) is 0 Å². The van der Waals surface area contributed by atoms with Gasteiger partial charge in [-0.05, 0) is 13.5 Å². The summed E-state index contributed by atoms with van der Waals surface area (Å²) in [6.45, 7) is 3.73. The second kappa shape index (κ2) is 5.65. The van der Waals surface area contributed by atoms with Gasteiger partial charge in [-0.1, -0.05) is 25.7 Å². The molecule has 0 saturated carbocycles. The van der Waals surface area contributed by atoms with E-state index in [4.69, 9.17) is 6.42 Å². The van der Waals surface area contributed by atoms with Gasteiger partial charge >= 0.3 is 0 Å². The normalized spacial score (nSPS) is 12.6. The molecule has 0 amide bonds. The highest BCUT2D eigenvalue weighted by Crippen LogP contribution is 1.97. The molecule has 0 spiro atoms. The molecule has 0 rings (SSSR count). The molecule has 0 saturated heterocycles. The summed E-state index contributed by atoms with van der Waals surface area (Å²) in [5, 5.41) is 3.02. The highest BCUT2D eigenvalue weighted by atomic mass is 14.8. The van der Waals surface area contributed by atoms with Crippen LogP contribution in [-0.2, 0) is 0 Å². The molecule has 0 aliphatic rings. The van der Waals surface area contributed by atoms with Gasteiger partial charge < -0.3 is 5.32 Å². The Hall–Kier alpha value is -0.480. The molecule has 1 heteroatoms. The first-order chi connectivity index (χ1) is 4.35. The Morgan fingerprint density at radius 3 is 2.78 bits per heavy atom. The maximum absolute atomic E-state index is 5.19. The number of hydrogen-bond acceptors (Lipinski definition) is 1. The Kier molecular flexibility index (Phi) is 5.35. The van der Waals surface area contributed by atoms with Crippen molar-refractivity contribution in [1.82, 2.24) is 5.32 Å². The third-order valence-corrected chi connectivity index (χ3v) is 1.29. The molecule has 0 fully saturated rings. The summed E-state index contributed by atoms with van der Waals surface area (Å²) in [7, 11) is 1.88.